The van der Waals surface area contributed by atoms with Crippen molar-refractivity contribution in [1.82, 2.24) is 4.98 Å². The molecule has 1 unspecified atom stereocenters. The number of fused-ring (bicyclic) bond motifs is 1. The SMILES string of the molecule is Cc1cccc(Sc2ccc3c(c2)OCCC3CCc2cnccc2C(=O)O)c1. The standard InChI is InChI=1S/C24H23NO3S/c1-16-3-2-4-19(13-16)29-20-7-8-21-17(10-12-28-23(21)14-20)5-6-18-15-25-11-9-22(18)24(26)27/h2-4,7-9,11,13-15,17H,5-6,10,12H2,1H3,(H,26,27). The molecule has 0 bridgehead atoms. The number of hydrogen-bond acceptors (Lipinski definition) is 4. The smallest absolute Gasteiger partial charge is 0.336 e. The first-order valence-electron chi connectivity index (χ1n) is 9.77. The van der Waals surface area contributed by atoms with E-state index < -0.39 is 5.97 Å². The van der Waals surface area contributed by atoms with E-state index in [1.54, 1.807) is 24.0 Å². The van der Waals surface area contributed by atoms with Crippen LogP contribution >= 0.6 is 11.8 Å². The summed E-state index contributed by atoms with van der Waals surface area (Å²) in [7, 11) is 0. The van der Waals surface area contributed by atoms with E-state index in [0.29, 0.717) is 24.5 Å². The number of ether oxygens (including phenoxy) is 1. The molecule has 0 amide bonds. The van der Waals surface area contributed by atoms with Crippen molar-refractivity contribution >= 4 is 17.7 Å². The lowest BCUT2D eigenvalue weighted by atomic mass is 9.87. The number of nitrogens with zero attached hydrogens (tertiary/aromatic N) is 1. The molecule has 1 atom stereocenters. The number of rotatable bonds is 6. The molecule has 0 saturated heterocycles. The van der Waals surface area contributed by atoms with Gasteiger partial charge in [0.15, 0.2) is 0 Å². The predicted molar refractivity (Wildman–Crippen MR) is 114 cm³/mol. The van der Waals surface area contributed by atoms with E-state index in [2.05, 4.69) is 54.4 Å². The van der Waals surface area contributed by atoms with Crippen LogP contribution in [0.15, 0.2) is 70.7 Å². The molecule has 5 heteroatoms. The van der Waals surface area contributed by atoms with Crippen molar-refractivity contribution in [2.45, 2.75) is 41.9 Å². The monoisotopic (exact) mass is 405 g/mol. The van der Waals surface area contributed by atoms with E-state index in [-0.39, 0.29) is 0 Å². The van der Waals surface area contributed by atoms with Gasteiger partial charge in [-0.3, -0.25) is 4.98 Å². The van der Waals surface area contributed by atoms with Gasteiger partial charge in [-0.15, -0.1) is 0 Å². The molecule has 0 saturated carbocycles. The van der Waals surface area contributed by atoms with Crippen molar-refractivity contribution < 1.29 is 14.6 Å². The van der Waals surface area contributed by atoms with Crippen molar-refractivity contribution in [3.63, 3.8) is 0 Å². The molecule has 148 valence electrons. The lowest BCUT2D eigenvalue weighted by Crippen LogP contribution is -2.15. The van der Waals surface area contributed by atoms with E-state index in [4.69, 9.17) is 4.74 Å². The molecule has 0 fully saturated rings. The number of benzene rings is 2. The van der Waals surface area contributed by atoms with Crippen LogP contribution < -0.4 is 4.74 Å². The summed E-state index contributed by atoms with van der Waals surface area (Å²) in [5.41, 5.74) is 3.60. The van der Waals surface area contributed by atoms with Crippen LogP contribution in [-0.4, -0.2) is 22.7 Å². The number of aryl methyl sites for hydroxylation is 2. The lowest BCUT2D eigenvalue weighted by molar-refractivity contribution is 0.0695. The van der Waals surface area contributed by atoms with E-state index in [1.165, 1.54) is 22.2 Å². The molecule has 2 aromatic carbocycles. The van der Waals surface area contributed by atoms with Gasteiger partial charge in [-0.1, -0.05) is 35.5 Å². The third kappa shape index (κ3) is 4.62. The summed E-state index contributed by atoms with van der Waals surface area (Å²) in [6.45, 7) is 2.79. The first-order chi connectivity index (χ1) is 14.1. The number of hydrogen-bond donors (Lipinski definition) is 1. The highest BCUT2D eigenvalue weighted by atomic mass is 32.2. The van der Waals surface area contributed by atoms with Crippen LogP contribution in [0.25, 0.3) is 0 Å². The minimum atomic E-state index is -0.896. The van der Waals surface area contributed by atoms with Gasteiger partial charge in [-0.25, -0.2) is 4.79 Å². The van der Waals surface area contributed by atoms with Crippen molar-refractivity contribution in [2.75, 3.05) is 6.61 Å². The molecule has 0 spiro atoms. The van der Waals surface area contributed by atoms with E-state index in [0.717, 1.165) is 29.1 Å². The third-order valence-corrected chi connectivity index (χ3v) is 6.25. The van der Waals surface area contributed by atoms with Crippen LogP contribution in [-0.2, 0) is 6.42 Å². The normalized spacial score (nSPS) is 15.4. The number of carboxylic acids is 1. The Morgan fingerprint density at radius 3 is 2.90 bits per heavy atom. The van der Waals surface area contributed by atoms with Gasteiger partial charge < -0.3 is 9.84 Å². The van der Waals surface area contributed by atoms with E-state index in [9.17, 15) is 9.90 Å². The first kappa shape index (κ1) is 19.5. The molecule has 4 nitrogen and oxygen atoms in total. The molecular weight excluding hydrogens is 382 g/mol. The summed E-state index contributed by atoms with van der Waals surface area (Å²) >= 11 is 1.74. The molecule has 3 aromatic rings. The maximum Gasteiger partial charge on any atom is 0.336 e. The quantitative estimate of drug-likeness (QED) is 0.567. The molecule has 2 heterocycles. The van der Waals surface area contributed by atoms with Gasteiger partial charge in [-0.2, -0.15) is 0 Å². The molecule has 1 aliphatic heterocycles. The zero-order chi connectivity index (χ0) is 20.2. The number of carboxylic acid groups (broad SMARTS) is 1. The zero-order valence-electron chi connectivity index (χ0n) is 16.3. The highest BCUT2D eigenvalue weighted by Gasteiger charge is 2.22. The van der Waals surface area contributed by atoms with Gasteiger partial charge >= 0.3 is 5.97 Å². The Bertz CT molecular complexity index is 1030. The number of carbonyl (C=O) groups is 1. The number of aromatic nitrogens is 1. The molecule has 29 heavy (non-hydrogen) atoms. The summed E-state index contributed by atoms with van der Waals surface area (Å²) in [5.74, 6) is 0.412. The molecule has 1 aromatic heterocycles. The Balaban J connectivity index is 1.49. The van der Waals surface area contributed by atoms with Gasteiger partial charge in [-0.05, 0) is 73.6 Å². The van der Waals surface area contributed by atoms with Crippen molar-refractivity contribution in [3.8, 4) is 5.75 Å². The van der Waals surface area contributed by atoms with Crippen LogP contribution in [0.1, 0.15) is 45.8 Å². The largest absolute Gasteiger partial charge is 0.493 e. The van der Waals surface area contributed by atoms with Gasteiger partial charge in [0.1, 0.15) is 5.75 Å². The molecule has 4 rings (SSSR count). The van der Waals surface area contributed by atoms with Crippen LogP contribution in [0.2, 0.25) is 0 Å². The van der Waals surface area contributed by atoms with Crippen LogP contribution in [0.5, 0.6) is 5.75 Å². The topological polar surface area (TPSA) is 59.4 Å². The summed E-state index contributed by atoms with van der Waals surface area (Å²) in [4.78, 5) is 17.9. The summed E-state index contributed by atoms with van der Waals surface area (Å²) < 4.78 is 5.95. The average Bonchev–Trinajstić information content (AvgIpc) is 2.72. The Morgan fingerprint density at radius 2 is 2.07 bits per heavy atom. The van der Waals surface area contributed by atoms with Crippen LogP contribution in [0, 0.1) is 6.92 Å². The number of pyridine rings is 1. The van der Waals surface area contributed by atoms with Gasteiger partial charge in [0.2, 0.25) is 0 Å². The summed E-state index contributed by atoms with van der Waals surface area (Å²) in [6, 6.07) is 16.5. The summed E-state index contributed by atoms with van der Waals surface area (Å²) in [6.07, 6.45) is 5.72. The highest BCUT2D eigenvalue weighted by molar-refractivity contribution is 7.99. The Kier molecular flexibility index (Phi) is 5.86. The molecule has 1 aliphatic rings. The Hall–Kier alpha value is -2.79. The average molecular weight is 406 g/mol. The molecule has 1 N–H and O–H groups in total. The third-order valence-electron chi connectivity index (χ3n) is 5.27. The second kappa shape index (κ2) is 8.70. The maximum absolute atomic E-state index is 11.4. The Labute approximate surface area is 175 Å². The zero-order valence-corrected chi connectivity index (χ0v) is 17.1. The van der Waals surface area contributed by atoms with E-state index in [1.807, 2.05) is 0 Å². The predicted octanol–water partition coefficient (Wildman–Crippen LogP) is 5.74. The highest BCUT2D eigenvalue weighted by Crippen LogP contribution is 2.40. The maximum atomic E-state index is 11.4. The lowest BCUT2D eigenvalue weighted by Gasteiger charge is -2.26. The van der Waals surface area contributed by atoms with Crippen molar-refractivity contribution in [2.24, 2.45) is 0 Å². The van der Waals surface area contributed by atoms with Gasteiger partial charge in [0.25, 0.3) is 0 Å². The minimum absolute atomic E-state index is 0.345. The fourth-order valence-corrected chi connectivity index (χ4v) is 4.75. The second-order valence-electron chi connectivity index (χ2n) is 7.33. The molecular formula is C24H23NO3S. The van der Waals surface area contributed by atoms with Gasteiger partial charge in [0, 0.05) is 22.2 Å². The first-order valence-corrected chi connectivity index (χ1v) is 10.6. The van der Waals surface area contributed by atoms with Crippen molar-refractivity contribution in [3.05, 3.63) is 83.2 Å². The summed E-state index contributed by atoms with van der Waals surface area (Å²) in [5, 5.41) is 9.38. The molecule has 0 aliphatic carbocycles. The van der Waals surface area contributed by atoms with Gasteiger partial charge in [0.05, 0.1) is 12.2 Å². The fourth-order valence-electron chi connectivity index (χ4n) is 3.79. The van der Waals surface area contributed by atoms with Crippen LogP contribution in [0.4, 0.5) is 0 Å². The van der Waals surface area contributed by atoms with Crippen molar-refractivity contribution in [1.29, 1.82) is 0 Å². The second-order valence-corrected chi connectivity index (χ2v) is 8.48. The number of aromatic carboxylic acids is 1. The fraction of sp³-hybridized carbons (Fsp3) is 0.250. The molecule has 0 radical (unpaired) electrons. The Morgan fingerprint density at radius 1 is 1.21 bits per heavy atom. The minimum Gasteiger partial charge on any atom is -0.493 e. The van der Waals surface area contributed by atoms with E-state index >= 15 is 0 Å². The van der Waals surface area contributed by atoms with Crippen LogP contribution in [0.3, 0.4) is 0 Å².